The van der Waals surface area contributed by atoms with E-state index in [4.69, 9.17) is 9.47 Å². The third kappa shape index (κ3) is 6.39. The first kappa shape index (κ1) is 20.9. The van der Waals surface area contributed by atoms with Crippen LogP contribution in [0.3, 0.4) is 0 Å². The highest BCUT2D eigenvalue weighted by Crippen LogP contribution is 2.18. The number of hydrazine groups is 1. The fourth-order valence-corrected chi connectivity index (χ4v) is 2.15. The Morgan fingerprint density at radius 1 is 0.964 bits per heavy atom. The second-order valence-corrected chi connectivity index (χ2v) is 6.16. The molecular formula is C20H21FN2O5. The maximum absolute atomic E-state index is 13.4. The Labute approximate surface area is 161 Å². The zero-order valence-electron chi connectivity index (χ0n) is 15.5. The average molecular weight is 388 g/mol. The van der Waals surface area contributed by atoms with E-state index in [0.717, 1.165) is 11.6 Å². The number of esters is 1. The molecule has 8 heteroatoms. The van der Waals surface area contributed by atoms with Crippen molar-refractivity contribution < 1.29 is 28.2 Å². The molecule has 28 heavy (non-hydrogen) atoms. The lowest BCUT2D eigenvalue weighted by Crippen LogP contribution is -2.44. The fourth-order valence-electron chi connectivity index (χ4n) is 2.15. The predicted octanol–water partition coefficient (Wildman–Crippen LogP) is 2.33. The summed E-state index contributed by atoms with van der Waals surface area (Å²) in [5, 5.41) is 0. The molecule has 0 unspecified atom stereocenters. The molecule has 7 nitrogen and oxygen atoms in total. The van der Waals surface area contributed by atoms with Gasteiger partial charge in [0.2, 0.25) is 0 Å². The largest absolute Gasteiger partial charge is 0.482 e. The second kappa shape index (κ2) is 10.1. The van der Waals surface area contributed by atoms with Gasteiger partial charge in [-0.15, -0.1) is 0 Å². The number of hydrogen-bond acceptors (Lipinski definition) is 5. The Morgan fingerprint density at radius 2 is 1.64 bits per heavy atom. The summed E-state index contributed by atoms with van der Waals surface area (Å²) in [4.78, 5) is 35.0. The number of carbonyl (C=O) groups excluding carboxylic acids is 3. The summed E-state index contributed by atoms with van der Waals surface area (Å²) in [5.41, 5.74) is 4.98. The fraction of sp³-hybridized carbons (Fsp3) is 0.250. The predicted molar refractivity (Wildman–Crippen MR) is 99.0 cm³/mol. The van der Waals surface area contributed by atoms with E-state index in [1.807, 2.05) is 23.0 Å². The van der Waals surface area contributed by atoms with Crippen molar-refractivity contribution in [3.05, 3.63) is 65.5 Å². The van der Waals surface area contributed by atoms with Crippen LogP contribution in [0.15, 0.2) is 48.5 Å². The van der Waals surface area contributed by atoms with Gasteiger partial charge in [0, 0.05) is 0 Å². The number of halogens is 1. The summed E-state index contributed by atoms with van der Waals surface area (Å²) in [6.07, 6.45) is 0. The van der Waals surface area contributed by atoms with Crippen LogP contribution in [-0.4, -0.2) is 31.0 Å². The summed E-state index contributed by atoms with van der Waals surface area (Å²) >= 11 is 0. The summed E-state index contributed by atoms with van der Waals surface area (Å²) in [6.45, 7) is 3.15. The van der Waals surface area contributed by atoms with Gasteiger partial charge in [0.05, 0.1) is 5.56 Å². The summed E-state index contributed by atoms with van der Waals surface area (Å²) in [5.74, 6) is -2.19. The molecule has 0 fully saturated rings. The van der Waals surface area contributed by atoms with E-state index in [0.29, 0.717) is 11.7 Å². The Balaban J connectivity index is 1.68. The molecule has 0 heterocycles. The maximum Gasteiger partial charge on any atom is 0.344 e. The first-order chi connectivity index (χ1) is 13.4. The molecule has 0 radical (unpaired) electrons. The lowest BCUT2D eigenvalue weighted by atomic mass is 10.0. The van der Waals surface area contributed by atoms with Crippen LogP contribution >= 0.6 is 0 Å². The molecule has 0 spiro atoms. The van der Waals surface area contributed by atoms with Crippen LogP contribution in [0, 0.1) is 5.82 Å². The minimum atomic E-state index is -0.828. The molecule has 2 aromatic rings. The average Bonchev–Trinajstić information content (AvgIpc) is 2.69. The number of carbonyl (C=O) groups is 3. The normalized spacial score (nSPS) is 10.3. The van der Waals surface area contributed by atoms with Gasteiger partial charge in [-0.25, -0.2) is 9.18 Å². The molecule has 2 aromatic carbocycles. The SMILES string of the molecule is CC(C)c1ccc(OCC(=O)OCC(=O)NNC(=O)c2ccccc2F)cc1. The molecule has 2 rings (SSSR count). The highest BCUT2D eigenvalue weighted by Gasteiger charge is 2.13. The molecule has 0 aliphatic carbocycles. The summed E-state index contributed by atoms with van der Waals surface area (Å²) in [7, 11) is 0. The third-order valence-corrected chi connectivity index (χ3v) is 3.70. The topological polar surface area (TPSA) is 93.7 Å². The van der Waals surface area contributed by atoms with Gasteiger partial charge in [0.1, 0.15) is 11.6 Å². The van der Waals surface area contributed by atoms with Crippen molar-refractivity contribution >= 4 is 17.8 Å². The number of rotatable bonds is 7. The Hall–Kier alpha value is -3.42. The first-order valence-corrected chi connectivity index (χ1v) is 8.59. The molecule has 2 N–H and O–H groups in total. The van der Waals surface area contributed by atoms with Crippen molar-refractivity contribution in [3.8, 4) is 5.75 Å². The number of hydrogen-bond donors (Lipinski definition) is 2. The molecule has 0 saturated heterocycles. The van der Waals surface area contributed by atoms with Crippen molar-refractivity contribution in [3.63, 3.8) is 0 Å². The van der Waals surface area contributed by atoms with Crippen LogP contribution in [0.1, 0.15) is 35.7 Å². The quantitative estimate of drug-likeness (QED) is 0.561. The lowest BCUT2D eigenvalue weighted by Gasteiger charge is -2.10. The van der Waals surface area contributed by atoms with Gasteiger partial charge in [0.15, 0.2) is 13.2 Å². The van der Waals surface area contributed by atoms with Gasteiger partial charge in [-0.05, 0) is 35.7 Å². The van der Waals surface area contributed by atoms with Gasteiger partial charge in [0.25, 0.3) is 11.8 Å². The van der Waals surface area contributed by atoms with E-state index in [9.17, 15) is 18.8 Å². The van der Waals surface area contributed by atoms with Gasteiger partial charge in [-0.3, -0.25) is 20.4 Å². The van der Waals surface area contributed by atoms with Crippen LogP contribution in [0.4, 0.5) is 4.39 Å². The molecule has 148 valence electrons. The minimum Gasteiger partial charge on any atom is -0.482 e. The molecule has 0 bridgehead atoms. The van der Waals surface area contributed by atoms with Gasteiger partial charge in [-0.1, -0.05) is 38.1 Å². The highest BCUT2D eigenvalue weighted by atomic mass is 19.1. The van der Waals surface area contributed by atoms with Gasteiger partial charge in [-0.2, -0.15) is 0 Å². The van der Waals surface area contributed by atoms with Crippen molar-refractivity contribution in [2.75, 3.05) is 13.2 Å². The van der Waals surface area contributed by atoms with Crippen molar-refractivity contribution in [1.29, 1.82) is 0 Å². The van der Waals surface area contributed by atoms with Gasteiger partial charge >= 0.3 is 5.97 Å². The molecule has 0 aromatic heterocycles. The first-order valence-electron chi connectivity index (χ1n) is 8.59. The van der Waals surface area contributed by atoms with E-state index in [2.05, 4.69) is 13.8 Å². The lowest BCUT2D eigenvalue weighted by molar-refractivity contribution is -0.150. The Morgan fingerprint density at radius 3 is 2.29 bits per heavy atom. The second-order valence-electron chi connectivity index (χ2n) is 6.16. The number of nitrogens with one attached hydrogen (secondary N) is 2. The van der Waals surface area contributed by atoms with Gasteiger partial charge < -0.3 is 9.47 Å². The van der Waals surface area contributed by atoms with Crippen LogP contribution in [0.5, 0.6) is 5.75 Å². The van der Waals surface area contributed by atoms with E-state index in [-0.39, 0.29) is 12.2 Å². The standard InChI is InChI=1S/C20H21FN2O5/c1-13(2)14-7-9-15(10-8-14)27-12-19(25)28-11-18(24)22-23-20(26)16-5-3-4-6-17(16)21/h3-10,13H,11-12H2,1-2H3,(H,22,24)(H,23,26). The van der Waals surface area contributed by atoms with Crippen LogP contribution < -0.4 is 15.6 Å². The highest BCUT2D eigenvalue weighted by molar-refractivity contribution is 5.95. The monoisotopic (exact) mass is 388 g/mol. The van der Waals surface area contributed by atoms with E-state index in [1.165, 1.54) is 18.2 Å². The van der Waals surface area contributed by atoms with E-state index in [1.54, 1.807) is 12.1 Å². The zero-order chi connectivity index (χ0) is 20.5. The van der Waals surface area contributed by atoms with E-state index >= 15 is 0 Å². The van der Waals surface area contributed by atoms with Crippen molar-refractivity contribution in [1.82, 2.24) is 10.9 Å². The molecule has 2 amide bonds. The zero-order valence-corrected chi connectivity index (χ0v) is 15.5. The number of ether oxygens (including phenoxy) is 2. The minimum absolute atomic E-state index is 0.225. The Kier molecular flexibility index (Phi) is 7.50. The number of amides is 2. The summed E-state index contributed by atoms with van der Waals surface area (Å²) < 4.78 is 23.5. The Bertz CT molecular complexity index is 837. The number of benzene rings is 2. The van der Waals surface area contributed by atoms with Crippen LogP contribution in [-0.2, 0) is 14.3 Å². The molecule has 0 saturated carbocycles. The molecule has 0 aliphatic heterocycles. The maximum atomic E-state index is 13.4. The molecule has 0 aliphatic rings. The third-order valence-electron chi connectivity index (χ3n) is 3.70. The smallest absolute Gasteiger partial charge is 0.344 e. The van der Waals surface area contributed by atoms with Crippen LogP contribution in [0.25, 0.3) is 0 Å². The van der Waals surface area contributed by atoms with Crippen molar-refractivity contribution in [2.24, 2.45) is 0 Å². The van der Waals surface area contributed by atoms with Crippen molar-refractivity contribution in [2.45, 2.75) is 19.8 Å². The van der Waals surface area contributed by atoms with E-state index < -0.39 is 30.2 Å². The van der Waals surface area contributed by atoms with Crippen LogP contribution in [0.2, 0.25) is 0 Å². The molecule has 0 atom stereocenters. The molecular weight excluding hydrogens is 367 g/mol. The summed E-state index contributed by atoms with van der Waals surface area (Å²) in [6, 6.07) is 12.6.